The van der Waals surface area contributed by atoms with Gasteiger partial charge in [-0.1, -0.05) is 62.4 Å². The van der Waals surface area contributed by atoms with Crippen LogP contribution in [0.3, 0.4) is 0 Å². The van der Waals surface area contributed by atoms with E-state index in [-0.39, 0.29) is 30.9 Å². The van der Waals surface area contributed by atoms with Gasteiger partial charge in [-0.25, -0.2) is 0 Å². The molecule has 0 aliphatic carbocycles. The van der Waals surface area contributed by atoms with E-state index < -0.39 is 56.3 Å². The van der Waals surface area contributed by atoms with Crippen molar-refractivity contribution in [2.24, 2.45) is 0 Å². The van der Waals surface area contributed by atoms with Gasteiger partial charge in [0.25, 0.3) is 40.5 Å². The predicted octanol–water partition coefficient (Wildman–Crippen LogP) is 3.41. The topological polar surface area (TPSA) is 217 Å². The highest BCUT2D eigenvalue weighted by Crippen LogP contribution is 2.48. The first-order valence-corrected chi connectivity index (χ1v) is 22.1. The summed E-state index contributed by atoms with van der Waals surface area (Å²) in [6.07, 6.45) is 0.512. The lowest BCUT2D eigenvalue weighted by Gasteiger charge is -2.32. The Morgan fingerprint density at radius 1 is 0.404 bits per heavy atom. The zero-order chi connectivity index (χ0) is 34.9. The van der Waals surface area contributed by atoms with Crippen LogP contribution in [0, 0.1) is 0 Å². The molecule has 0 saturated heterocycles. The lowest BCUT2D eigenvalue weighted by atomic mass is 10.3. The Balaban J connectivity index is 1.78. The number of hydrogen-bond donors (Lipinski definition) is 4. The molecule has 4 rings (SSSR count). The summed E-state index contributed by atoms with van der Waals surface area (Å²) in [5.41, 5.74) is -0.320. The second kappa shape index (κ2) is 14.1. The molecule has 0 heterocycles. The minimum atomic E-state index is -4.46. The van der Waals surface area contributed by atoms with Crippen molar-refractivity contribution >= 4 is 77.5 Å². The summed E-state index contributed by atoms with van der Waals surface area (Å²) in [6.45, 7) is 3.93. The third kappa shape index (κ3) is 9.30. The Kier molecular flexibility index (Phi) is 11.1. The quantitative estimate of drug-likeness (QED) is 0.121. The monoisotopic (exact) mass is 760 g/mol. The summed E-state index contributed by atoms with van der Waals surface area (Å²) in [7, 11) is -20.5. The molecule has 18 heteroatoms. The van der Waals surface area contributed by atoms with Gasteiger partial charge >= 0.3 is 0 Å². The lowest BCUT2D eigenvalue weighted by molar-refractivity contribution is 0.481. The van der Waals surface area contributed by atoms with Crippen molar-refractivity contribution in [1.82, 2.24) is 0 Å². The fraction of sp³-hybridized carbons (Fsp3) is 0.172. The standard InChI is InChI=1S/C29H30O12P2S4/c1-20(42(22-3-11-26(12-4-22)44(30,31)32)23-5-13-27(14-6-23)45(33,34)35)19-21(2)43(24-7-15-28(16-8-24)46(36,37)38)25-9-17-29(18-10-25)47(39,40)41/h3-18,20-21H,19H2,1-2H3,(H,30,31,32)(H,33,34,35)(H,36,37,38)(H,39,40,41). The van der Waals surface area contributed by atoms with Gasteiger partial charge in [-0.2, -0.15) is 33.7 Å². The first kappa shape index (κ1) is 37.2. The van der Waals surface area contributed by atoms with Crippen LogP contribution in [0.15, 0.2) is 117 Å². The first-order valence-electron chi connectivity index (χ1n) is 13.5. The molecule has 0 bridgehead atoms. The van der Waals surface area contributed by atoms with Crippen LogP contribution in [-0.2, 0) is 40.5 Å². The minimum Gasteiger partial charge on any atom is -0.282 e. The summed E-state index contributed by atoms with van der Waals surface area (Å²) in [5, 5.41) is 2.86. The molecule has 0 aromatic heterocycles. The van der Waals surface area contributed by atoms with Gasteiger partial charge in [-0.15, -0.1) is 0 Å². The zero-order valence-electron chi connectivity index (χ0n) is 24.7. The normalized spacial score (nSPS) is 14.3. The maximum absolute atomic E-state index is 11.7. The number of rotatable bonds is 12. The van der Waals surface area contributed by atoms with E-state index in [0.717, 1.165) is 0 Å². The molecule has 4 aromatic carbocycles. The third-order valence-electron chi connectivity index (χ3n) is 7.21. The van der Waals surface area contributed by atoms with Gasteiger partial charge in [-0.05, 0) is 103 Å². The average molecular weight is 761 g/mol. The van der Waals surface area contributed by atoms with E-state index in [2.05, 4.69) is 0 Å². The van der Waals surface area contributed by atoms with Crippen LogP contribution < -0.4 is 21.2 Å². The smallest absolute Gasteiger partial charge is 0.282 e. The highest BCUT2D eigenvalue weighted by Gasteiger charge is 2.29. The van der Waals surface area contributed by atoms with E-state index >= 15 is 0 Å². The third-order valence-corrected chi connectivity index (χ3v) is 16.3. The van der Waals surface area contributed by atoms with Crippen LogP contribution in [0.25, 0.3) is 0 Å². The molecule has 0 saturated carbocycles. The van der Waals surface area contributed by atoms with Crippen molar-refractivity contribution in [3.63, 3.8) is 0 Å². The highest BCUT2D eigenvalue weighted by molar-refractivity contribution is 7.86. The van der Waals surface area contributed by atoms with Gasteiger partial charge in [0, 0.05) is 0 Å². The summed E-state index contributed by atoms with van der Waals surface area (Å²) >= 11 is 0. The lowest BCUT2D eigenvalue weighted by Crippen LogP contribution is -2.26. The molecular formula is C29H30O12P2S4. The number of hydrogen-bond acceptors (Lipinski definition) is 8. The van der Waals surface area contributed by atoms with E-state index in [1.165, 1.54) is 48.5 Å². The second-order valence-corrected chi connectivity index (χ2v) is 21.5. The van der Waals surface area contributed by atoms with Crippen molar-refractivity contribution in [2.45, 2.75) is 51.2 Å². The largest absolute Gasteiger partial charge is 0.294 e. The molecule has 12 nitrogen and oxygen atoms in total. The van der Waals surface area contributed by atoms with E-state index in [4.69, 9.17) is 0 Å². The summed E-state index contributed by atoms with van der Waals surface area (Å²) in [5.74, 6) is 0. The minimum absolute atomic E-state index is 0.160. The van der Waals surface area contributed by atoms with E-state index in [9.17, 15) is 51.9 Å². The molecule has 0 fully saturated rings. The fourth-order valence-corrected chi connectivity index (χ4v) is 12.8. The van der Waals surface area contributed by atoms with Crippen LogP contribution in [0.4, 0.5) is 0 Å². The molecule has 0 amide bonds. The van der Waals surface area contributed by atoms with Crippen LogP contribution in [-0.4, -0.2) is 63.2 Å². The number of benzene rings is 4. The van der Waals surface area contributed by atoms with Gasteiger partial charge in [-0.3, -0.25) is 18.2 Å². The Morgan fingerprint density at radius 3 is 0.723 bits per heavy atom. The highest BCUT2D eigenvalue weighted by atomic mass is 32.2. The molecule has 2 atom stereocenters. The second-order valence-electron chi connectivity index (χ2n) is 10.5. The molecule has 252 valence electrons. The van der Waals surface area contributed by atoms with Crippen molar-refractivity contribution in [3.05, 3.63) is 97.1 Å². The molecule has 0 radical (unpaired) electrons. The van der Waals surface area contributed by atoms with Crippen LogP contribution in [0.5, 0.6) is 0 Å². The van der Waals surface area contributed by atoms with E-state index in [0.29, 0.717) is 27.6 Å². The average Bonchev–Trinajstić information content (AvgIpc) is 2.97. The molecule has 0 aliphatic rings. The summed E-state index contributed by atoms with van der Waals surface area (Å²) < 4.78 is 131. The van der Waals surface area contributed by atoms with Gasteiger partial charge in [0.1, 0.15) is 0 Å². The van der Waals surface area contributed by atoms with Crippen molar-refractivity contribution < 1.29 is 51.9 Å². The van der Waals surface area contributed by atoms with Crippen molar-refractivity contribution in [3.8, 4) is 0 Å². The fourth-order valence-electron chi connectivity index (χ4n) is 5.14. The first-order chi connectivity index (χ1) is 21.7. The molecule has 4 aromatic rings. The summed E-state index contributed by atoms with van der Waals surface area (Å²) in [4.78, 5) is -1.21. The Labute approximate surface area is 276 Å². The Hall–Kier alpha value is -2.62. The molecule has 47 heavy (non-hydrogen) atoms. The van der Waals surface area contributed by atoms with Crippen LogP contribution >= 0.6 is 15.8 Å². The van der Waals surface area contributed by atoms with Gasteiger partial charge in [0.15, 0.2) is 0 Å². The van der Waals surface area contributed by atoms with Crippen molar-refractivity contribution in [2.75, 3.05) is 0 Å². The van der Waals surface area contributed by atoms with Gasteiger partial charge in [0.2, 0.25) is 0 Å². The van der Waals surface area contributed by atoms with Crippen LogP contribution in [0.1, 0.15) is 20.3 Å². The molecule has 2 unspecified atom stereocenters. The maximum Gasteiger partial charge on any atom is 0.294 e. The Bertz CT molecular complexity index is 1860. The zero-order valence-corrected chi connectivity index (χ0v) is 29.7. The van der Waals surface area contributed by atoms with Crippen LogP contribution in [0.2, 0.25) is 0 Å². The summed E-state index contributed by atoms with van der Waals surface area (Å²) in [6, 6.07) is 22.7. The SMILES string of the molecule is CC(CC(C)P(c1ccc(S(=O)(=O)O)cc1)c1ccc(S(=O)(=O)O)cc1)P(c1ccc(S(=O)(=O)O)cc1)c1ccc(S(=O)(=O)O)cc1. The molecule has 4 N–H and O–H groups in total. The molecule has 0 spiro atoms. The predicted molar refractivity (Wildman–Crippen MR) is 181 cm³/mol. The maximum atomic E-state index is 11.7. The Morgan fingerprint density at radius 2 is 0.574 bits per heavy atom. The molecule has 0 aliphatic heterocycles. The molecular weight excluding hydrogens is 731 g/mol. The van der Waals surface area contributed by atoms with Gasteiger partial charge < -0.3 is 0 Å². The van der Waals surface area contributed by atoms with E-state index in [1.807, 2.05) is 13.8 Å². The van der Waals surface area contributed by atoms with Gasteiger partial charge in [0.05, 0.1) is 19.6 Å². The van der Waals surface area contributed by atoms with Crippen molar-refractivity contribution in [1.29, 1.82) is 0 Å². The van der Waals surface area contributed by atoms with E-state index in [1.54, 1.807) is 48.5 Å².